The highest BCUT2D eigenvalue weighted by molar-refractivity contribution is 5.86. The van der Waals surface area contributed by atoms with Gasteiger partial charge in [0.15, 0.2) is 6.10 Å². The lowest BCUT2D eigenvalue weighted by Gasteiger charge is -2.33. The van der Waals surface area contributed by atoms with Gasteiger partial charge in [0.2, 0.25) is 5.91 Å². The summed E-state index contributed by atoms with van der Waals surface area (Å²) in [6, 6.07) is 0. The highest BCUT2D eigenvalue weighted by atomic mass is 16.5. The van der Waals surface area contributed by atoms with E-state index < -0.39 is 17.5 Å². The number of morpholine rings is 1. The normalized spacial score (nSPS) is 27.6. The second-order valence-corrected chi connectivity index (χ2v) is 4.43. The van der Waals surface area contributed by atoms with Crippen molar-refractivity contribution in [3.63, 3.8) is 0 Å². The van der Waals surface area contributed by atoms with E-state index in [1.54, 1.807) is 4.90 Å². The summed E-state index contributed by atoms with van der Waals surface area (Å²) in [5.74, 6) is -1.03. The Morgan fingerprint density at radius 1 is 1.50 bits per heavy atom. The number of carbonyl (C=O) groups is 2. The van der Waals surface area contributed by atoms with E-state index in [4.69, 9.17) is 15.6 Å². The minimum atomic E-state index is -1.02. The molecule has 16 heavy (non-hydrogen) atoms. The van der Waals surface area contributed by atoms with Crippen molar-refractivity contribution in [3.8, 4) is 0 Å². The molecular formula is C10H16N2O4. The summed E-state index contributed by atoms with van der Waals surface area (Å²) >= 11 is 0. The largest absolute Gasteiger partial charge is 0.479 e. The predicted molar refractivity (Wildman–Crippen MR) is 54.7 cm³/mol. The summed E-state index contributed by atoms with van der Waals surface area (Å²) < 4.78 is 5.06. The summed E-state index contributed by atoms with van der Waals surface area (Å²) in [5.41, 5.74) is 5.17. The minimum absolute atomic E-state index is 0.00968. The number of carboxylic acids is 1. The van der Waals surface area contributed by atoms with Crippen molar-refractivity contribution < 1.29 is 19.4 Å². The maximum atomic E-state index is 12.1. The van der Waals surface area contributed by atoms with Crippen molar-refractivity contribution in [3.05, 3.63) is 0 Å². The molecule has 3 N–H and O–H groups in total. The summed E-state index contributed by atoms with van der Waals surface area (Å²) in [4.78, 5) is 24.4. The second kappa shape index (κ2) is 4.03. The quantitative estimate of drug-likeness (QED) is 0.648. The molecule has 2 fully saturated rings. The highest BCUT2D eigenvalue weighted by Gasteiger charge is 2.51. The molecule has 0 aromatic heterocycles. The molecule has 1 heterocycles. The summed E-state index contributed by atoms with van der Waals surface area (Å²) in [6.45, 7) is 1.23. The molecule has 6 nitrogen and oxygen atoms in total. The molecule has 1 atom stereocenters. The van der Waals surface area contributed by atoms with Gasteiger partial charge in [-0.1, -0.05) is 0 Å². The van der Waals surface area contributed by atoms with Crippen LogP contribution in [0, 0.1) is 5.41 Å². The van der Waals surface area contributed by atoms with Crippen molar-refractivity contribution in [2.75, 3.05) is 26.2 Å². The average Bonchev–Trinajstić information content (AvgIpc) is 3.09. The van der Waals surface area contributed by atoms with E-state index in [2.05, 4.69) is 0 Å². The first-order valence-corrected chi connectivity index (χ1v) is 5.43. The number of amides is 1. The van der Waals surface area contributed by atoms with E-state index in [0.717, 1.165) is 12.8 Å². The number of carboxylic acid groups (broad SMARTS) is 1. The second-order valence-electron chi connectivity index (χ2n) is 4.43. The molecule has 1 aliphatic heterocycles. The zero-order valence-corrected chi connectivity index (χ0v) is 9.02. The van der Waals surface area contributed by atoms with Gasteiger partial charge in [-0.3, -0.25) is 4.79 Å². The highest BCUT2D eigenvalue weighted by Crippen LogP contribution is 2.46. The molecule has 1 aliphatic carbocycles. The van der Waals surface area contributed by atoms with Gasteiger partial charge in [-0.15, -0.1) is 0 Å². The lowest BCUT2D eigenvalue weighted by Crippen LogP contribution is -2.51. The van der Waals surface area contributed by atoms with Crippen LogP contribution in [0.1, 0.15) is 12.8 Å². The molecule has 1 amide bonds. The van der Waals surface area contributed by atoms with Crippen LogP contribution in [0.15, 0.2) is 0 Å². The third-order valence-corrected chi connectivity index (χ3v) is 3.33. The van der Waals surface area contributed by atoms with Crippen LogP contribution in [-0.4, -0.2) is 54.2 Å². The third kappa shape index (κ3) is 1.90. The molecule has 1 unspecified atom stereocenters. The fraction of sp³-hybridized carbons (Fsp3) is 0.800. The monoisotopic (exact) mass is 228 g/mol. The standard InChI is InChI=1S/C10H16N2O4/c11-6-10(1-2-10)9(15)12-3-4-16-7(5-12)8(13)14/h7H,1-6,11H2,(H,13,14). The zero-order chi connectivity index (χ0) is 11.8. The van der Waals surface area contributed by atoms with Gasteiger partial charge in [0, 0.05) is 13.1 Å². The van der Waals surface area contributed by atoms with Crippen LogP contribution in [0.4, 0.5) is 0 Å². The first kappa shape index (κ1) is 11.3. The Labute approximate surface area is 93.3 Å². The first-order chi connectivity index (χ1) is 7.59. The van der Waals surface area contributed by atoms with Gasteiger partial charge in [-0.2, -0.15) is 0 Å². The molecule has 0 aromatic rings. The lowest BCUT2D eigenvalue weighted by atomic mass is 10.1. The van der Waals surface area contributed by atoms with Crippen LogP contribution >= 0.6 is 0 Å². The van der Waals surface area contributed by atoms with Crippen molar-refractivity contribution in [2.45, 2.75) is 18.9 Å². The number of carbonyl (C=O) groups excluding carboxylic acids is 1. The number of hydrogen-bond donors (Lipinski definition) is 2. The molecule has 2 rings (SSSR count). The molecule has 1 saturated heterocycles. The van der Waals surface area contributed by atoms with E-state index in [9.17, 15) is 9.59 Å². The van der Waals surface area contributed by atoms with E-state index >= 15 is 0 Å². The van der Waals surface area contributed by atoms with Crippen molar-refractivity contribution in [1.82, 2.24) is 4.90 Å². The molecule has 0 aromatic carbocycles. The van der Waals surface area contributed by atoms with E-state index in [0.29, 0.717) is 13.1 Å². The SMILES string of the molecule is NCC1(C(=O)N2CCOC(C(=O)O)C2)CC1. The van der Waals surface area contributed by atoms with E-state index in [1.165, 1.54) is 0 Å². The van der Waals surface area contributed by atoms with Gasteiger partial charge in [-0.05, 0) is 12.8 Å². The molecule has 0 radical (unpaired) electrons. The molecule has 0 spiro atoms. The Morgan fingerprint density at radius 3 is 2.69 bits per heavy atom. The first-order valence-electron chi connectivity index (χ1n) is 5.43. The number of nitrogens with two attached hydrogens (primary N) is 1. The van der Waals surface area contributed by atoms with Crippen molar-refractivity contribution >= 4 is 11.9 Å². The Hall–Kier alpha value is -1.14. The van der Waals surface area contributed by atoms with Crippen LogP contribution in [0.2, 0.25) is 0 Å². The molecule has 90 valence electrons. The Bertz CT molecular complexity index is 314. The molecule has 0 bridgehead atoms. The number of hydrogen-bond acceptors (Lipinski definition) is 4. The Kier molecular flexibility index (Phi) is 2.86. The molecular weight excluding hydrogens is 212 g/mol. The number of nitrogens with zero attached hydrogens (tertiary/aromatic N) is 1. The van der Waals surface area contributed by atoms with E-state index in [-0.39, 0.29) is 19.1 Å². The minimum Gasteiger partial charge on any atom is -0.479 e. The number of rotatable bonds is 3. The van der Waals surface area contributed by atoms with E-state index in [1.807, 2.05) is 0 Å². The summed E-state index contributed by atoms with van der Waals surface area (Å²) in [6.07, 6.45) is 0.737. The van der Waals surface area contributed by atoms with Gasteiger partial charge in [0.05, 0.1) is 18.6 Å². The Morgan fingerprint density at radius 2 is 2.19 bits per heavy atom. The number of ether oxygens (including phenoxy) is 1. The zero-order valence-electron chi connectivity index (χ0n) is 9.02. The van der Waals surface area contributed by atoms with Gasteiger partial charge in [0.25, 0.3) is 0 Å². The third-order valence-electron chi connectivity index (χ3n) is 3.33. The summed E-state index contributed by atoms with van der Waals surface area (Å²) in [7, 11) is 0. The van der Waals surface area contributed by atoms with Gasteiger partial charge >= 0.3 is 5.97 Å². The smallest absolute Gasteiger partial charge is 0.334 e. The summed E-state index contributed by atoms with van der Waals surface area (Å²) in [5, 5.41) is 8.83. The maximum absolute atomic E-state index is 12.1. The Balaban J connectivity index is 1.99. The number of aliphatic carboxylic acids is 1. The maximum Gasteiger partial charge on any atom is 0.334 e. The topological polar surface area (TPSA) is 92.9 Å². The fourth-order valence-corrected chi connectivity index (χ4v) is 1.97. The predicted octanol–water partition coefficient (Wildman–Crippen LogP) is -0.963. The van der Waals surface area contributed by atoms with Crippen LogP contribution in [0.5, 0.6) is 0 Å². The van der Waals surface area contributed by atoms with Crippen LogP contribution in [-0.2, 0) is 14.3 Å². The average molecular weight is 228 g/mol. The van der Waals surface area contributed by atoms with Crippen LogP contribution in [0.3, 0.4) is 0 Å². The van der Waals surface area contributed by atoms with Crippen LogP contribution < -0.4 is 5.73 Å². The van der Waals surface area contributed by atoms with Gasteiger partial charge in [0.1, 0.15) is 0 Å². The lowest BCUT2D eigenvalue weighted by molar-refractivity contribution is -0.160. The fourth-order valence-electron chi connectivity index (χ4n) is 1.97. The van der Waals surface area contributed by atoms with Crippen LogP contribution in [0.25, 0.3) is 0 Å². The molecule has 6 heteroatoms. The van der Waals surface area contributed by atoms with Crippen molar-refractivity contribution in [1.29, 1.82) is 0 Å². The van der Waals surface area contributed by atoms with Gasteiger partial charge < -0.3 is 20.5 Å². The van der Waals surface area contributed by atoms with Gasteiger partial charge in [-0.25, -0.2) is 4.79 Å². The molecule has 2 aliphatic rings. The molecule has 1 saturated carbocycles. The van der Waals surface area contributed by atoms with Crippen molar-refractivity contribution in [2.24, 2.45) is 11.1 Å².